The van der Waals surface area contributed by atoms with Gasteiger partial charge in [0, 0.05) is 6.04 Å². The van der Waals surface area contributed by atoms with Crippen LogP contribution in [0.1, 0.15) is 44.9 Å². The molecule has 0 heterocycles. The lowest BCUT2D eigenvalue weighted by Crippen LogP contribution is -2.27. The predicted molar refractivity (Wildman–Crippen MR) is 52.1 cm³/mol. The van der Waals surface area contributed by atoms with Crippen molar-refractivity contribution in [3.05, 3.63) is 0 Å². The summed E-state index contributed by atoms with van der Waals surface area (Å²) in [6.07, 6.45) is 10.4. The maximum absolute atomic E-state index is 3.49. The summed E-state index contributed by atoms with van der Waals surface area (Å²) in [6, 6.07) is 0.855. The van der Waals surface area contributed by atoms with Gasteiger partial charge in [-0.05, 0) is 31.7 Å². The van der Waals surface area contributed by atoms with Gasteiger partial charge in [-0.2, -0.15) is 0 Å². The fourth-order valence-electron chi connectivity index (χ4n) is 2.79. The molecule has 0 amide bonds. The van der Waals surface area contributed by atoms with E-state index in [1.165, 1.54) is 44.9 Å². The van der Waals surface area contributed by atoms with Crippen LogP contribution in [0.4, 0.5) is 0 Å². The van der Waals surface area contributed by atoms with Crippen LogP contribution in [0.3, 0.4) is 0 Å². The Morgan fingerprint density at radius 3 is 2.50 bits per heavy atom. The van der Waals surface area contributed by atoms with Crippen LogP contribution in [-0.4, -0.2) is 13.1 Å². The number of fused-ring (bicyclic) bond motifs is 1. The summed E-state index contributed by atoms with van der Waals surface area (Å²) in [4.78, 5) is 0. The standard InChI is InChI=1S/C11H21N/c1-12-11-7-5-3-2-4-6-9-8-10(9)11/h9-12H,2-8H2,1H3. The van der Waals surface area contributed by atoms with Gasteiger partial charge in [0.15, 0.2) is 0 Å². The summed E-state index contributed by atoms with van der Waals surface area (Å²) in [5.41, 5.74) is 0. The zero-order chi connectivity index (χ0) is 8.39. The lowest BCUT2D eigenvalue weighted by Gasteiger charge is -2.14. The summed E-state index contributed by atoms with van der Waals surface area (Å²) in [7, 11) is 2.14. The maximum Gasteiger partial charge on any atom is 0.00950 e. The molecular weight excluding hydrogens is 146 g/mol. The Bertz CT molecular complexity index is 144. The van der Waals surface area contributed by atoms with Crippen molar-refractivity contribution in [2.45, 2.75) is 51.0 Å². The molecule has 3 unspecified atom stereocenters. The Balaban J connectivity index is 1.87. The fraction of sp³-hybridized carbons (Fsp3) is 1.00. The minimum atomic E-state index is 0.855. The second-order valence-corrected chi connectivity index (χ2v) is 4.55. The zero-order valence-corrected chi connectivity index (χ0v) is 8.18. The Hall–Kier alpha value is -0.0400. The molecule has 1 N–H and O–H groups in total. The quantitative estimate of drug-likeness (QED) is 0.633. The lowest BCUT2D eigenvalue weighted by molar-refractivity contribution is 0.437. The molecule has 0 radical (unpaired) electrons. The van der Waals surface area contributed by atoms with E-state index in [2.05, 4.69) is 12.4 Å². The van der Waals surface area contributed by atoms with Crippen molar-refractivity contribution in [3.63, 3.8) is 0 Å². The third-order valence-corrected chi connectivity index (χ3v) is 3.70. The van der Waals surface area contributed by atoms with E-state index in [1.807, 2.05) is 0 Å². The Morgan fingerprint density at radius 2 is 1.75 bits per heavy atom. The molecule has 2 aliphatic rings. The van der Waals surface area contributed by atoms with Gasteiger partial charge in [-0.1, -0.05) is 32.1 Å². The molecule has 0 bridgehead atoms. The van der Waals surface area contributed by atoms with E-state index < -0.39 is 0 Å². The van der Waals surface area contributed by atoms with Crippen molar-refractivity contribution in [1.82, 2.24) is 5.32 Å². The summed E-state index contributed by atoms with van der Waals surface area (Å²) >= 11 is 0. The second kappa shape index (κ2) is 3.78. The molecule has 0 aromatic heterocycles. The highest BCUT2D eigenvalue weighted by Crippen LogP contribution is 2.46. The van der Waals surface area contributed by atoms with E-state index in [-0.39, 0.29) is 0 Å². The van der Waals surface area contributed by atoms with Crippen molar-refractivity contribution >= 4 is 0 Å². The number of hydrogen-bond acceptors (Lipinski definition) is 1. The van der Waals surface area contributed by atoms with Gasteiger partial charge < -0.3 is 5.32 Å². The van der Waals surface area contributed by atoms with Crippen LogP contribution in [0.5, 0.6) is 0 Å². The SMILES string of the molecule is CNC1CCCCCCC2CC21. The van der Waals surface area contributed by atoms with Crippen LogP contribution in [0, 0.1) is 11.8 Å². The van der Waals surface area contributed by atoms with Gasteiger partial charge in [0.2, 0.25) is 0 Å². The number of nitrogens with one attached hydrogen (secondary N) is 1. The van der Waals surface area contributed by atoms with E-state index in [9.17, 15) is 0 Å². The van der Waals surface area contributed by atoms with Crippen molar-refractivity contribution < 1.29 is 0 Å². The molecule has 1 heteroatoms. The minimum Gasteiger partial charge on any atom is -0.317 e. The molecule has 0 aliphatic heterocycles. The molecule has 0 aromatic carbocycles. The molecule has 12 heavy (non-hydrogen) atoms. The molecule has 70 valence electrons. The minimum absolute atomic E-state index is 0.855. The lowest BCUT2D eigenvalue weighted by atomic mass is 10.0. The highest BCUT2D eigenvalue weighted by atomic mass is 14.9. The van der Waals surface area contributed by atoms with Crippen molar-refractivity contribution in [3.8, 4) is 0 Å². The molecule has 1 nitrogen and oxygen atoms in total. The fourth-order valence-corrected chi connectivity index (χ4v) is 2.79. The molecule has 0 spiro atoms. The van der Waals surface area contributed by atoms with Gasteiger partial charge in [0.25, 0.3) is 0 Å². The van der Waals surface area contributed by atoms with Crippen molar-refractivity contribution in [2.75, 3.05) is 7.05 Å². The van der Waals surface area contributed by atoms with E-state index in [0.29, 0.717) is 0 Å². The van der Waals surface area contributed by atoms with Gasteiger partial charge >= 0.3 is 0 Å². The first kappa shape index (κ1) is 8.55. The number of hydrogen-bond donors (Lipinski definition) is 1. The van der Waals surface area contributed by atoms with E-state index in [4.69, 9.17) is 0 Å². The van der Waals surface area contributed by atoms with E-state index in [1.54, 1.807) is 0 Å². The molecule has 2 saturated carbocycles. The molecule has 0 aromatic rings. The summed E-state index contributed by atoms with van der Waals surface area (Å²) in [6.45, 7) is 0. The molecule has 2 fully saturated rings. The summed E-state index contributed by atoms with van der Waals surface area (Å²) in [5, 5.41) is 3.49. The van der Waals surface area contributed by atoms with Gasteiger partial charge in [-0.3, -0.25) is 0 Å². The molecule has 0 saturated heterocycles. The first-order valence-electron chi connectivity index (χ1n) is 5.59. The first-order chi connectivity index (χ1) is 5.92. The number of rotatable bonds is 1. The third kappa shape index (κ3) is 1.82. The van der Waals surface area contributed by atoms with Crippen LogP contribution in [-0.2, 0) is 0 Å². The van der Waals surface area contributed by atoms with Gasteiger partial charge in [0.05, 0.1) is 0 Å². The van der Waals surface area contributed by atoms with Gasteiger partial charge in [-0.25, -0.2) is 0 Å². The van der Waals surface area contributed by atoms with Crippen LogP contribution in [0.25, 0.3) is 0 Å². The van der Waals surface area contributed by atoms with Crippen LogP contribution < -0.4 is 5.32 Å². The zero-order valence-electron chi connectivity index (χ0n) is 8.18. The monoisotopic (exact) mass is 167 g/mol. The van der Waals surface area contributed by atoms with Gasteiger partial charge in [-0.15, -0.1) is 0 Å². The van der Waals surface area contributed by atoms with E-state index >= 15 is 0 Å². The maximum atomic E-state index is 3.49. The Morgan fingerprint density at radius 1 is 1.00 bits per heavy atom. The van der Waals surface area contributed by atoms with Crippen molar-refractivity contribution in [2.24, 2.45) is 11.8 Å². The highest BCUT2D eigenvalue weighted by Gasteiger charge is 2.41. The van der Waals surface area contributed by atoms with Crippen LogP contribution in [0.15, 0.2) is 0 Å². The third-order valence-electron chi connectivity index (χ3n) is 3.70. The summed E-state index contributed by atoms with van der Waals surface area (Å²) < 4.78 is 0. The largest absolute Gasteiger partial charge is 0.317 e. The first-order valence-corrected chi connectivity index (χ1v) is 5.59. The average Bonchev–Trinajstić information content (AvgIpc) is 2.82. The van der Waals surface area contributed by atoms with Gasteiger partial charge in [0.1, 0.15) is 0 Å². The molecular formula is C11H21N. The predicted octanol–water partition coefficient (Wildman–Crippen LogP) is 2.56. The smallest absolute Gasteiger partial charge is 0.00950 e. The summed E-state index contributed by atoms with van der Waals surface area (Å²) in [5.74, 6) is 2.15. The Kier molecular flexibility index (Phi) is 2.69. The average molecular weight is 167 g/mol. The molecule has 2 rings (SSSR count). The Labute approximate surface area is 75.9 Å². The molecule has 2 aliphatic carbocycles. The normalized spacial score (nSPS) is 42.2. The van der Waals surface area contributed by atoms with Crippen LogP contribution >= 0.6 is 0 Å². The van der Waals surface area contributed by atoms with Crippen molar-refractivity contribution in [1.29, 1.82) is 0 Å². The van der Waals surface area contributed by atoms with E-state index in [0.717, 1.165) is 17.9 Å². The van der Waals surface area contributed by atoms with Crippen LogP contribution in [0.2, 0.25) is 0 Å². The topological polar surface area (TPSA) is 12.0 Å². The molecule has 3 atom stereocenters. The highest BCUT2D eigenvalue weighted by molar-refractivity contribution is 4.94. The second-order valence-electron chi connectivity index (χ2n) is 4.55.